The van der Waals surface area contributed by atoms with Crippen molar-refractivity contribution in [3.63, 3.8) is 0 Å². The second kappa shape index (κ2) is 3.89. The van der Waals surface area contributed by atoms with E-state index in [9.17, 15) is 4.79 Å². The Morgan fingerprint density at radius 3 is 2.80 bits per heavy atom. The van der Waals surface area contributed by atoms with Gasteiger partial charge in [-0.1, -0.05) is 25.1 Å². The van der Waals surface area contributed by atoms with Crippen LogP contribution in [0.15, 0.2) is 24.4 Å². The highest BCUT2D eigenvalue weighted by Crippen LogP contribution is 2.22. The number of hydrogen-bond acceptors (Lipinski definition) is 1. The highest BCUT2D eigenvalue weighted by atomic mass is 16.1. The monoisotopic (exact) mass is 201 g/mol. The molecule has 0 aliphatic heterocycles. The third-order valence-corrected chi connectivity index (χ3v) is 2.71. The largest absolute Gasteiger partial charge is 0.361 e. The summed E-state index contributed by atoms with van der Waals surface area (Å²) in [5.41, 5.74) is 3.59. The zero-order chi connectivity index (χ0) is 10.8. The second-order valence-electron chi connectivity index (χ2n) is 3.89. The van der Waals surface area contributed by atoms with E-state index in [0.29, 0.717) is 6.42 Å². The van der Waals surface area contributed by atoms with Gasteiger partial charge in [0, 0.05) is 23.5 Å². The normalized spacial score (nSPS) is 10.8. The number of benzene rings is 1. The third kappa shape index (κ3) is 1.80. The average Bonchev–Trinajstić information content (AvgIpc) is 2.61. The fourth-order valence-corrected chi connectivity index (χ4v) is 1.98. The SMILES string of the molecule is CCc1cccc2c(CC(C)=O)c[nH]c12. The fourth-order valence-electron chi connectivity index (χ4n) is 1.98. The van der Waals surface area contributed by atoms with Crippen molar-refractivity contribution in [1.82, 2.24) is 4.98 Å². The van der Waals surface area contributed by atoms with Gasteiger partial charge in [0.05, 0.1) is 0 Å². The topological polar surface area (TPSA) is 32.9 Å². The lowest BCUT2D eigenvalue weighted by atomic mass is 10.0. The van der Waals surface area contributed by atoms with Crippen LogP contribution in [0.4, 0.5) is 0 Å². The minimum Gasteiger partial charge on any atom is -0.361 e. The van der Waals surface area contributed by atoms with Crippen LogP contribution in [0, 0.1) is 0 Å². The first-order chi connectivity index (χ1) is 7.22. The van der Waals surface area contributed by atoms with Crippen LogP contribution < -0.4 is 0 Å². The lowest BCUT2D eigenvalue weighted by molar-refractivity contribution is -0.116. The summed E-state index contributed by atoms with van der Waals surface area (Å²) in [6.45, 7) is 3.77. The molecule has 2 rings (SSSR count). The van der Waals surface area contributed by atoms with Crippen molar-refractivity contribution in [3.05, 3.63) is 35.5 Å². The number of rotatable bonds is 3. The van der Waals surface area contributed by atoms with Crippen molar-refractivity contribution >= 4 is 16.7 Å². The number of Topliss-reactive ketones (excluding diaryl/α,β-unsaturated/α-hetero) is 1. The maximum Gasteiger partial charge on any atom is 0.134 e. The molecule has 0 unspecified atom stereocenters. The van der Waals surface area contributed by atoms with E-state index in [2.05, 4.69) is 30.1 Å². The molecule has 2 heteroatoms. The predicted octanol–water partition coefficient (Wildman–Crippen LogP) is 2.86. The number of hydrogen-bond donors (Lipinski definition) is 1. The number of para-hydroxylation sites is 1. The number of ketones is 1. The maximum atomic E-state index is 11.1. The number of carbonyl (C=O) groups excluding carboxylic acids is 1. The Balaban J connectivity index is 2.55. The number of fused-ring (bicyclic) bond motifs is 1. The molecule has 0 radical (unpaired) electrons. The van der Waals surface area contributed by atoms with Gasteiger partial charge < -0.3 is 4.98 Å². The molecule has 0 amide bonds. The molecule has 78 valence electrons. The third-order valence-electron chi connectivity index (χ3n) is 2.71. The Morgan fingerprint density at radius 2 is 2.13 bits per heavy atom. The molecule has 2 nitrogen and oxygen atoms in total. The van der Waals surface area contributed by atoms with Crippen LogP contribution in [-0.2, 0) is 17.6 Å². The molecule has 1 heterocycles. The Morgan fingerprint density at radius 1 is 1.33 bits per heavy atom. The summed E-state index contributed by atoms with van der Waals surface area (Å²) >= 11 is 0. The molecule has 0 atom stereocenters. The molecule has 0 saturated carbocycles. The summed E-state index contributed by atoms with van der Waals surface area (Å²) in [7, 11) is 0. The van der Waals surface area contributed by atoms with E-state index in [1.165, 1.54) is 16.5 Å². The van der Waals surface area contributed by atoms with Crippen LogP contribution in [0.2, 0.25) is 0 Å². The van der Waals surface area contributed by atoms with Crippen molar-refractivity contribution in [1.29, 1.82) is 0 Å². The van der Waals surface area contributed by atoms with Crippen LogP contribution in [0.5, 0.6) is 0 Å². The first-order valence-corrected chi connectivity index (χ1v) is 5.29. The van der Waals surface area contributed by atoms with Gasteiger partial charge in [-0.05, 0) is 24.5 Å². The lowest BCUT2D eigenvalue weighted by Gasteiger charge is -1.99. The van der Waals surface area contributed by atoms with E-state index < -0.39 is 0 Å². The fraction of sp³-hybridized carbons (Fsp3) is 0.308. The molecule has 0 aliphatic rings. The highest BCUT2D eigenvalue weighted by molar-refractivity contribution is 5.90. The number of aromatic amines is 1. The Bertz CT molecular complexity index is 496. The summed E-state index contributed by atoms with van der Waals surface area (Å²) in [6.07, 6.45) is 3.48. The van der Waals surface area contributed by atoms with Gasteiger partial charge in [-0.25, -0.2) is 0 Å². The zero-order valence-electron chi connectivity index (χ0n) is 9.13. The number of nitrogens with one attached hydrogen (secondary N) is 1. The molecule has 2 aromatic rings. The number of H-pyrrole nitrogens is 1. The smallest absolute Gasteiger partial charge is 0.134 e. The first kappa shape index (κ1) is 9.97. The molecule has 0 aliphatic carbocycles. The standard InChI is InChI=1S/C13H15NO/c1-3-10-5-4-6-12-11(7-9(2)15)8-14-13(10)12/h4-6,8,14H,3,7H2,1-2H3. The highest BCUT2D eigenvalue weighted by Gasteiger charge is 2.07. The summed E-state index contributed by atoms with van der Waals surface area (Å²) in [5, 5.41) is 1.18. The van der Waals surface area contributed by atoms with E-state index in [1.54, 1.807) is 6.92 Å². The molecule has 1 aromatic heterocycles. The van der Waals surface area contributed by atoms with Gasteiger partial charge in [-0.15, -0.1) is 0 Å². The molecule has 0 fully saturated rings. The van der Waals surface area contributed by atoms with E-state index in [-0.39, 0.29) is 5.78 Å². The van der Waals surface area contributed by atoms with Crippen molar-refractivity contribution in [2.45, 2.75) is 26.7 Å². The molecular weight excluding hydrogens is 186 g/mol. The van der Waals surface area contributed by atoms with Crippen molar-refractivity contribution < 1.29 is 4.79 Å². The number of aromatic nitrogens is 1. The molecular formula is C13H15NO. The average molecular weight is 201 g/mol. The summed E-state index contributed by atoms with van der Waals surface area (Å²) < 4.78 is 0. The number of aryl methyl sites for hydroxylation is 1. The van der Waals surface area contributed by atoms with E-state index in [1.807, 2.05) is 6.20 Å². The summed E-state index contributed by atoms with van der Waals surface area (Å²) in [4.78, 5) is 14.4. The second-order valence-corrected chi connectivity index (χ2v) is 3.89. The van der Waals surface area contributed by atoms with E-state index in [0.717, 1.165) is 12.0 Å². The van der Waals surface area contributed by atoms with Crippen LogP contribution in [0.1, 0.15) is 25.0 Å². The minimum absolute atomic E-state index is 0.206. The minimum atomic E-state index is 0.206. The zero-order valence-corrected chi connectivity index (χ0v) is 9.13. The van der Waals surface area contributed by atoms with E-state index in [4.69, 9.17) is 0 Å². The molecule has 1 N–H and O–H groups in total. The predicted molar refractivity (Wildman–Crippen MR) is 62.1 cm³/mol. The van der Waals surface area contributed by atoms with Crippen LogP contribution >= 0.6 is 0 Å². The molecule has 15 heavy (non-hydrogen) atoms. The van der Waals surface area contributed by atoms with Gasteiger partial charge in [0.15, 0.2) is 0 Å². The van der Waals surface area contributed by atoms with Gasteiger partial charge in [-0.2, -0.15) is 0 Å². The Labute approximate surface area is 89.3 Å². The molecule has 1 aromatic carbocycles. The van der Waals surface area contributed by atoms with Crippen molar-refractivity contribution in [2.75, 3.05) is 0 Å². The van der Waals surface area contributed by atoms with Crippen LogP contribution in [-0.4, -0.2) is 10.8 Å². The quantitative estimate of drug-likeness (QED) is 0.813. The van der Waals surface area contributed by atoms with Crippen molar-refractivity contribution in [3.8, 4) is 0 Å². The Hall–Kier alpha value is -1.57. The van der Waals surface area contributed by atoms with Gasteiger partial charge in [-0.3, -0.25) is 4.79 Å². The number of carbonyl (C=O) groups is 1. The lowest BCUT2D eigenvalue weighted by Crippen LogP contribution is -1.94. The molecule has 0 spiro atoms. The van der Waals surface area contributed by atoms with Crippen LogP contribution in [0.25, 0.3) is 10.9 Å². The molecule has 0 bridgehead atoms. The van der Waals surface area contributed by atoms with Gasteiger partial charge in [0.25, 0.3) is 0 Å². The van der Waals surface area contributed by atoms with E-state index >= 15 is 0 Å². The summed E-state index contributed by atoms with van der Waals surface area (Å²) in [6, 6.07) is 6.25. The van der Waals surface area contributed by atoms with Crippen LogP contribution in [0.3, 0.4) is 0 Å². The first-order valence-electron chi connectivity index (χ1n) is 5.29. The van der Waals surface area contributed by atoms with Crippen molar-refractivity contribution in [2.24, 2.45) is 0 Å². The summed E-state index contributed by atoms with van der Waals surface area (Å²) in [5.74, 6) is 0.206. The van der Waals surface area contributed by atoms with Gasteiger partial charge >= 0.3 is 0 Å². The van der Waals surface area contributed by atoms with Gasteiger partial charge in [0.1, 0.15) is 5.78 Å². The van der Waals surface area contributed by atoms with Gasteiger partial charge in [0.2, 0.25) is 0 Å². The molecule has 0 saturated heterocycles. The maximum absolute atomic E-state index is 11.1. The Kier molecular flexibility index (Phi) is 2.58.